The first-order valence-electron chi connectivity index (χ1n) is 12.2. The van der Waals surface area contributed by atoms with Gasteiger partial charge in [-0.1, -0.05) is 0 Å². The second kappa shape index (κ2) is 11.7. The van der Waals surface area contributed by atoms with E-state index in [0.29, 0.717) is 0 Å². The van der Waals surface area contributed by atoms with Crippen LogP contribution in [0.5, 0.6) is 0 Å². The molecule has 0 aliphatic carbocycles. The summed E-state index contributed by atoms with van der Waals surface area (Å²) in [5.41, 5.74) is -11.4. The van der Waals surface area contributed by atoms with Gasteiger partial charge in [-0.05, 0) is 35.4 Å². The average molecular weight is 628 g/mol. The summed E-state index contributed by atoms with van der Waals surface area (Å²) in [6, 6.07) is 4.89. The van der Waals surface area contributed by atoms with Crippen LogP contribution in [-0.2, 0) is 12.8 Å². The molecule has 0 atom stereocenters. The third-order valence-corrected chi connectivity index (χ3v) is 6.73. The minimum absolute atomic E-state index is 0.0958. The largest absolute Gasteiger partial charge is 0.265 e. The van der Waals surface area contributed by atoms with Gasteiger partial charge in [0.15, 0.2) is 69.8 Å². The number of benzene rings is 3. The standard InChI is InChI=1S/C30H12F12N2/c31-19-13(9-11-1-5-43-6-2-11)20(32)24(36)15(23(19)35)17-27(39)29(41)18(30(42)28(17)40)16-25(37)21(33)14(22(34)26(16)38)10-12-3-7-44-8-4-12/h1-8H,9-10H2. The zero-order valence-corrected chi connectivity index (χ0v) is 21.5. The van der Waals surface area contributed by atoms with E-state index in [0.717, 1.165) is 0 Å². The van der Waals surface area contributed by atoms with E-state index in [1.165, 1.54) is 49.1 Å². The van der Waals surface area contributed by atoms with E-state index in [4.69, 9.17) is 0 Å². The number of aromatic nitrogens is 2. The summed E-state index contributed by atoms with van der Waals surface area (Å²) in [4.78, 5) is 7.29. The fourth-order valence-corrected chi connectivity index (χ4v) is 4.58. The van der Waals surface area contributed by atoms with Crippen molar-refractivity contribution in [1.29, 1.82) is 0 Å². The maximum Gasteiger partial charge on any atom is 0.170 e. The highest BCUT2D eigenvalue weighted by molar-refractivity contribution is 5.75. The number of rotatable bonds is 6. The highest BCUT2D eigenvalue weighted by atomic mass is 19.2. The van der Waals surface area contributed by atoms with Gasteiger partial charge in [-0.15, -0.1) is 0 Å². The first-order chi connectivity index (χ1) is 20.9. The zero-order valence-electron chi connectivity index (χ0n) is 21.5. The molecule has 2 aromatic heterocycles. The minimum Gasteiger partial charge on any atom is -0.265 e. The lowest BCUT2D eigenvalue weighted by atomic mass is 9.92. The van der Waals surface area contributed by atoms with Crippen LogP contribution >= 0.6 is 0 Å². The van der Waals surface area contributed by atoms with Crippen LogP contribution in [0.1, 0.15) is 22.3 Å². The highest BCUT2D eigenvalue weighted by Gasteiger charge is 2.37. The molecule has 0 aliphatic rings. The van der Waals surface area contributed by atoms with Crippen molar-refractivity contribution in [2.24, 2.45) is 0 Å². The van der Waals surface area contributed by atoms with Gasteiger partial charge in [0.05, 0.1) is 22.3 Å². The third kappa shape index (κ3) is 4.93. The van der Waals surface area contributed by atoms with Crippen molar-refractivity contribution in [3.63, 3.8) is 0 Å². The van der Waals surface area contributed by atoms with Crippen LogP contribution in [0.3, 0.4) is 0 Å². The first kappa shape index (κ1) is 30.6. The first-order valence-corrected chi connectivity index (χ1v) is 12.2. The monoisotopic (exact) mass is 628 g/mol. The van der Waals surface area contributed by atoms with E-state index in [1.807, 2.05) is 0 Å². The van der Waals surface area contributed by atoms with E-state index in [1.54, 1.807) is 0 Å². The van der Waals surface area contributed by atoms with Crippen LogP contribution < -0.4 is 0 Å². The van der Waals surface area contributed by atoms with Crippen LogP contribution in [0.15, 0.2) is 49.1 Å². The van der Waals surface area contributed by atoms with Crippen molar-refractivity contribution in [2.45, 2.75) is 12.8 Å². The molecule has 0 N–H and O–H groups in total. The van der Waals surface area contributed by atoms with E-state index in [9.17, 15) is 17.6 Å². The van der Waals surface area contributed by atoms with Crippen molar-refractivity contribution in [3.8, 4) is 22.3 Å². The summed E-state index contributed by atoms with van der Waals surface area (Å²) in [6.45, 7) is 0. The molecule has 14 heteroatoms. The lowest BCUT2D eigenvalue weighted by molar-refractivity contribution is 0.430. The second-order valence-electron chi connectivity index (χ2n) is 9.29. The molecular formula is C30H12F12N2. The Kier molecular flexibility index (Phi) is 8.10. The molecule has 3 aromatic carbocycles. The number of hydrogen-bond donors (Lipinski definition) is 0. The summed E-state index contributed by atoms with van der Waals surface area (Å²) in [5, 5.41) is 0. The maximum absolute atomic E-state index is 15.2. The third-order valence-electron chi connectivity index (χ3n) is 6.73. The fraction of sp³-hybridized carbons (Fsp3) is 0.0667. The van der Waals surface area contributed by atoms with Gasteiger partial charge >= 0.3 is 0 Å². The average Bonchev–Trinajstić information content (AvgIpc) is 3.02. The number of nitrogens with zero attached hydrogens (tertiary/aromatic N) is 2. The number of hydrogen-bond acceptors (Lipinski definition) is 2. The predicted molar refractivity (Wildman–Crippen MR) is 131 cm³/mol. The molecule has 0 saturated heterocycles. The minimum atomic E-state index is -2.78. The molecule has 2 heterocycles. The molecule has 0 unspecified atom stereocenters. The van der Waals surface area contributed by atoms with E-state index in [2.05, 4.69) is 9.97 Å². The fourth-order valence-electron chi connectivity index (χ4n) is 4.58. The Balaban J connectivity index is 1.70. The summed E-state index contributed by atoms with van der Waals surface area (Å²) in [6.07, 6.45) is 3.16. The topological polar surface area (TPSA) is 25.8 Å². The van der Waals surface area contributed by atoms with Crippen LogP contribution in [0.2, 0.25) is 0 Å². The Hall–Kier alpha value is -4.88. The molecule has 5 rings (SSSR count). The normalized spacial score (nSPS) is 11.4. The van der Waals surface area contributed by atoms with Crippen LogP contribution in [0, 0.1) is 69.8 Å². The molecule has 0 bridgehead atoms. The lowest BCUT2D eigenvalue weighted by Crippen LogP contribution is -2.13. The predicted octanol–water partition coefficient (Wildman–Crippen LogP) is 8.66. The van der Waals surface area contributed by atoms with Gasteiger partial charge < -0.3 is 0 Å². The van der Waals surface area contributed by atoms with Crippen LogP contribution in [0.4, 0.5) is 52.7 Å². The molecule has 0 radical (unpaired) electrons. The Morgan fingerprint density at radius 1 is 0.318 bits per heavy atom. The lowest BCUT2D eigenvalue weighted by Gasteiger charge is -2.17. The molecule has 226 valence electrons. The number of pyridine rings is 2. The Bertz CT molecular complexity index is 1700. The van der Waals surface area contributed by atoms with Gasteiger partial charge in [0.25, 0.3) is 0 Å². The van der Waals surface area contributed by atoms with Crippen LogP contribution in [0.25, 0.3) is 22.3 Å². The van der Waals surface area contributed by atoms with Gasteiger partial charge in [0, 0.05) is 48.8 Å². The van der Waals surface area contributed by atoms with Gasteiger partial charge in [0.2, 0.25) is 0 Å². The van der Waals surface area contributed by atoms with Crippen molar-refractivity contribution in [3.05, 3.63) is 141 Å². The summed E-state index contributed by atoms with van der Waals surface area (Å²) in [5.74, 6) is -29.7. The Morgan fingerprint density at radius 2 is 0.523 bits per heavy atom. The molecule has 0 amide bonds. The van der Waals surface area contributed by atoms with Gasteiger partial charge in [0.1, 0.15) is 0 Å². The molecule has 0 spiro atoms. The quantitative estimate of drug-likeness (QED) is 0.139. The van der Waals surface area contributed by atoms with Gasteiger partial charge in [-0.3, -0.25) is 9.97 Å². The van der Waals surface area contributed by atoms with Gasteiger partial charge in [-0.2, -0.15) is 0 Å². The molecule has 5 aromatic rings. The molecule has 44 heavy (non-hydrogen) atoms. The van der Waals surface area contributed by atoms with E-state index in [-0.39, 0.29) is 11.1 Å². The van der Waals surface area contributed by atoms with E-state index >= 15 is 35.1 Å². The smallest absolute Gasteiger partial charge is 0.170 e. The van der Waals surface area contributed by atoms with Crippen molar-refractivity contribution < 1.29 is 52.7 Å². The summed E-state index contributed by atoms with van der Waals surface area (Å²) >= 11 is 0. The van der Waals surface area contributed by atoms with Crippen LogP contribution in [-0.4, -0.2) is 9.97 Å². The van der Waals surface area contributed by atoms with Crippen molar-refractivity contribution in [2.75, 3.05) is 0 Å². The molecule has 2 nitrogen and oxygen atoms in total. The van der Waals surface area contributed by atoms with E-state index < -0.39 is 116 Å². The zero-order chi connectivity index (χ0) is 32.0. The SMILES string of the molecule is Fc1c(F)c(-c2c(F)c(F)c(-c3c(F)c(F)c(Cc4ccncc4)c(F)c3F)c(F)c2F)c(F)c(F)c1Cc1ccncc1. The number of halogens is 12. The molecule has 0 fully saturated rings. The molecular weight excluding hydrogens is 616 g/mol. The highest BCUT2D eigenvalue weighted by Crippen LogP contribution is 2.43. The Labute approximate surface area is 239 Å². The second-order valence-corrected chi connectivity index (χ2v) is 9.29. The summed E-state index contributed by atoms with van der Waals surface area (Å²) < 4.78 is 180. The maximum atomic E-state index is 15.2. The van der Waals surface area contributed by atoms with Gasteiger partial charge in [-0.25, -0.2) is 52.7 Å². The van der Waals surface area contributed by atoms with Crippen molar-refractivity contribution >= 4 is 0 Å². The Morgan fingerprint density at radius 3 is 0.750 bits per heavy atom. The molecule has 0 aliphatic heterocycles. The summed E-state index contributed by atoms with van der Waals surface area (Å²) in [7, 11) is 0. The van der Waals surface area contributed by atoms with Crippen molar-refractivity contribution in [1.82, 2.24) is 9.97 Å². The molecule has 0 saturated carbocycles.